The van der Waals surface area contributed by atoms with Crippen molar-refractivity contribution >= 4 is 12.3 Å². The van der Waals surface area contributed by atoms with Crippen LogP contribution < -0.4 is 21.2 Å². The van der Waals surface area contributed by atoms with Gasteiger partial charge in [0.05, 0.1) is 0 Å². The average Bonchev–Trinajstić information content (AvgIpc) is 2.85. The van der Waals surface area contributed by atoms with Gasteiger partial charge in [0, 0.05) is 0 Å². The SMILES string of the molecule is CCCCB(CCC)CCC1=C[I-]c2ccccc21. The standard InChI is InChI=1S/C17H25BI/c1-3-5-12-18(11-4-2)13-10-15-14-19-17-9-7-6-8-16(15)17/h6-9,14H,3-5,10-13H2,1-2H3/q-1. The molecule has 0 unspecified atom stereocenters. The molecule has 1 aromatic carbocycles. The van der Waals surface area contributed by atoms with Crippen molar-refractivity contribution in [2.24, 2.45) is 0 Å². The number of unbranched alkanes of at least 4 members (excludes halogenated alkanes) is 1. The zero-order chi connectivity index (χ0) is 13.5. The molecule has 0 saturated heterocycles. The normalized spacial score (nSPS) is 13.7. The van der Waals surface area contributed by atoms with Gasteiger partial charge in [-0.05, 0) is 0 Å². The van der Waals surface area contributed by atoms with Crippen LogP contribution in [0.2, 0.25) is 19.0 Å². The molecule has 0 radical (unpaired) electrons. The van der Waals surface area contributed by atoms with Gasteiger partial charge in [-0.2, -0.15) is 0 Å². The van der Waals surface area contributed by atoms with Crippen LogP contribution in [0.3, 0.4) is 0 Å². The van der Waals surface area contributed by atoms with E-state index < -0.39 is 0 Å². The first-order valence-corrected chi connectivity index (χ1v) is 10.1. The molecule has 0 bridgehead atoms. The number of rotatable bonds is 8. The summed E-state index contributed by atoms with van der Waals surface area (Å²) >= 11 is 0.168. The Kier molecular flexibility index (Phi) is 6.49. The fourth-order valence-corrected chi connectivity index (χ4v) is 5.52. The van der Waals surface area contributed by atoms with E-state index in [2.05, 4.69) is 42.2 Å². The molecule has 2 rings (SSSR count). The topological polar surface area (TPSA) is 0 Å². The van der Waals surface area contributed by atoms with Crippen molar-refractivity contribution in [1.29, 1.82) is 0 Å². The molecule has 0 amide bonds. The number of benzene rings is 1. The van der Waals surface area contributed by atoms with Gasteiger partial charge < -0.3 is 0 Å². The van der Waals surface area contributed by atoms with E-state index in [9.17, 15) is 0 Å². The number of hydrogen-bond acceptors (Lipinski definition) is 0. The molecule has 0 aliphatic carbocycles. The zero-order valence-electron chi connectivity index (χ0n) is 12.3. The van der Waals surface area contributed by atoms with Crippen molar-refractivity contribution in [3.63, 3.8) is 0 Å². The van der Waals surface area contributed by atoms with Gasteiger partial charge >= 0.3 is 129 Å². The van der Waals surface area contributed by atoms with E-state index in [0.717, 1.165) is 6.71 Å². The van der Waals surface area contributed by atoms with Crippen LogP contribution in [0.15, 0.2) is 28.3 Å². The molecule has 0 saturated carbocycles. The van der Waals surface area contributed by atoms with Gasteiger partial charge in [-0.3, -0.25) is 0 Å². The molecule has 104 valence electrons. The van der Waals surface area contributed by atoms with E-state index >= 15 is 0 Å². The minimum absolute atomic E-state index is 0.168. The van der Waals surface area contributed by atoms with Crippen molar-refractivity contribution in [3.05, 3.63) is 37.5 Å². The first kappa shape index (κ1) is 15.1. The van der Waals surface area contributed by atoms with Crippen LogP contribution in [0.5, 0.6) is 0 Å². The summed E-state index contributed by atoms with van der Waals surface area (Å²) in [6.45, 7) is 5.59. The van der Waals surface area contributed by atoms with Gasteiger partial charge in [-0.1, -0.05) is 0 Å². The van der Waals surface area contributed by atoms with E-state index in [1.54, 1.807) is 14.7 Å². The van der Waals surface area contributed by atoms with E-state index in [0.29, 0.717) is 0 Å². The maximum absolute atomic E-state index is 2.56. The number of fused-ring (bicyclic) bond motifs is 1. The van der Waals surface area contributed by atoms with Crippen LogP contribution in [-0.2, 0) is 0 Å². The summed E-state index contributed by atoms with van der Waals surface area (Å²) in [7, 11) is 0. The molecule has 1 aliphatic heterocycles. The van der Waals surface area contributed by atoms with E-state index in [-0.39, 0.29) is 21.2 Å². The Morgan fingerprint density at radius 1 is 1.00 bits per heavy atom. The number of allylic oxidation sites excluding steroid dienone is 1. The van der Waals surface area contributed by atoms with Gasteiger partial charge in [-0.25, -0.2) is 0 Å². The Hall–Kier alpha value is -0.245. The fourth-order valence-electron chi connectivity index (χ4n) is 2.88. The van der Waals surface area contributed by atoms with Crippen LogP contribution >= 0.6 is 0 Å². The quantitative estimate of drug-likeness (QED) is 0.489. The fraction of sp³-hybridized carbons (Fsp3) is 0.529. The minimum atomic E-state index is 0.168. The predicted molar refractivity (Wildman–Crippen MR) is 83.1 cm³/mol. The van der Waals surface area contributed by atoms with Crippen LogP contribution in [0, 0.1) is 3.57 Å². The molecule has 0 N–H and O–H groups in total. The Morgan fingerprint density at radius 2 is 1.84 bits per heavy atom. The van der Waals surface area contributed by atoms with Gasteiger partial charge in [-0.15, -0.1) is 0 Å². The molecular formula is C17H25BI-. The van der Waals surface area contributed by atoms with Crippen LogP contribution in [-0.4, -0.2) is 6.71 Å². The average molecular weight is 367 g/mol. The van der Waals surface area contributed by atoms with Crippen molar-refractivity contribution in [1.82, 2.24) is 0 Å². The number of halogens is 1. The number of hydrogen-bond donors (Lipinski definition) is 0. The van der Waals surface area contributed by atoms with Crippen LogP contribution in [0.4, 0.5) is 0 Å². The first-order valence-electron chi connectivity index (χ1n) is 7.77. The van der Waals surface area contributed by atoms with Crippen LogP contribution in [0.1, 0.15) is 45.1 Å². The first-order chi connectivity index (χ1) is 9.35. The third-order valence-electron chi connectivity index (χ3n) is 4.01. The van der Waals surface area contributed by atoms with E-state index in [1.165, 1.54) is 44.6 Å². The molecule has 0 atom stereocenters. The van der Waals surface area contributed by atoms with Gasteiger partial charge in [0.15, 0.2) is 0 Å². The molecule has 0 fully saturated rings. The van der Waals surface area contributed by atoms with Crippen molar-refractivity contribution in [3.8, 4) is 0 Å². The molecule has 0 spiro atoms. The summed E-state index contributed by atoms with van der Waals surface area (Å²) in [6, 6.07) is 9.04. The predicted octanol–water partition coefficient (Wildman–Crippen LogP) is 2.39. The van der Waals surface area contributed by atoms with Gasteiger partial charge in [0.25, 0.3) is 0 Å². The molecule has 19 heavy (non-hydrogen) atoms. The molecule has 0 nitrogen and oxygen atoms in total. The summed E-state index contributed by atoms with van der Waals surface area (Å²) < 4.78 is 4.20. The molecule has 2 heteroatoms. The summed E-state index contributed by atoms with van der Waals surface area (Å²) in [6.07, 6.45) is 9.67. The molecule has 0 aromatic heterocycles. The van der Waals surface area contributed by atoms with Crippen molar-refractivity contribution in [2.75, 3.05) is 0 Å². The van der Waals surface area contributed by atoms with E-state index in [4.69, 9.17) is 0 Å². The van der Waals surface area contributed by atoms with E-state index in [1.807, 2.05) is 0 Å². The summed E-state index contributed by atoms with van der Waals surface area (Å²) in [5, 5.41) is 0. The van der Waals surface area contributed by atoms with Gasteiger partial charge in [0.1, 0.15) is 0 Å². The Bertz CT molecular complexity index is 425. The second-order valence-electron chi connectivity index (χ2n) is 5.56. The Labute approximate surface area is 129 Å². The van der Waals surface area contributed by atoms with Gasteiger partial charge in [0.2, 0.25) is 0 Å². The monoisotopic (exact) mass is 367 g/mol. The summed E-state index contributed by atoms with van der Waals surface area (Å²) in [5.41, 5.74) is 3.22. The molecular weight excluding hydrogens is 342 g/mol. The summed E-state index contributed by atoms with van der Waals surface area (Å²) in [5.74, 6) is 0. The molecule has 1 heterocycles. The van der Waals surface area contributed by atoms with Crippen LogP contribution in [0.25, 0.3) is 5.57 Å². The summed E-state index contributed by atoms with van der Waals surface area (Å²) in [4.78, 5) is 0. The zero-order valence-corrected chi connectivity index (χ0v) is 14.4. The Balaban J connectivity index is 1.88. The third-order valence-corrected chi connectivity index (χ3v) is 6.68. The second-order valence-corrected chi connectivity index (χ2v) is 7.97. The van der Waals surface area contributed by atoms with Crippen molar-refractivity contribution in [2.45, 2.75) is 58.5 Å². The third kappa shape index (κ3) is 4.37. The van der Waals surface area contributed by atoms with Crippen molar-refractivity contribution < 1.29 is 21.2 Å². The second kappa shape index (κ2) is 8.13. The molecule has 1 aliphatic rings. The maximum atomic E-state index is 2.56. The Morgan fingerprint density at radius 3 is 2.63 bits per heavy atom. The molecule has 1 aromatic rings.